The van der Waals surface area contributed by atoms with Gasteiger partial charge in [0.25, 0.3) is 0 Å². The quantitative estimate of drug-likeness (QED) is 0.566. The highest BCUT2D eigenvalue weighted by molar-refractivity contribution is 5.28. The van der Waals surface area contributed by atoms with Gasteiger partial charge in [-0.3, -0.25) is 16.0 Å². The first-order valence-electron chi connectivity index (χ1n) is 6.23. The number of hydrogen-bond acceptors (Lipinski definition) is 4. The molecule has 1 aromatic heterocycles. The number of unbranched alkanes of at least 4 members (excludes halogenated alkanes) is 1. The van der Waals surface area contributed by atoms with E-state index in [9.17, 15) is 0 Å². The smallest absolute Gasteiger partial charge is 0.161 e. The van der Waals surface area contributed by atoms with Gasteiger partial charge >= 0.3 is 0 Å². The molecule has 0 aromatic carbocycles. The molecule has 0 spiro atoms. The second kappa shape index (κ2) is 6.61. The molecule has 0 amide bonds. The van der Waals surface area contributed by atoms with Crippen molar-refractivity contribution in [2.75, 3.05) is 7.11 Å². The zero-order chi connectivity index (χ0) is 12.8. The highest BCUT2D eigenvalue weighted by Crippen LogP contribution is 2.29. The van der Waals surface area contributed by atoms with Crippen LogP contribution in [-0.2, 0) is 0 Å². The van der Waals surface area contributed by atoms with E-state index in [1.807, 2.05) is 4.68 Å². The molecule has 0 saturated carbocycles. The van der Waals surface area contributed by atoms with Crippen LogP contribution in [0.1, 0.15) is 57.8 Å². The average molecular weight is 240 g/mol. The molecule has 0 aliphatic rings. The Morgan fingerprint density at radius 3 is 2.71 bits per heavy atom. The van der Waals surface area contributed by atoms with Gasteiger partial charge in [0.15, 0.2) is 5.75 Å². The molecule has 17 heavy (non-hydrogen) atoms. The van der Waals surface area contributed by atoms with Crippen molar-refractivity contribution in [1.29, 1.82) is 0 Å². The predicted octanol–water partition coefficient (Wildman–Crippen LogP) is 2.17. The molecule has 0 aliphatic heterocycles. The molecule has 3 N–H and O–H groups in total. The number of ether oxygens (including phenoxy) is 1. The maximum absolute atomic E-state index is 5.65. The van der Waals surface area contributed by atoms with Gasteiger partial charge in [-0.05, 0) is 20.3 Å². The highest BCUT2D eigenvalue weighted by Gasteiger charge is 2.21. The number of aromatic nitrogens is 2. The van der Waals surface area contributed by atoms with Crippen molar-refractivity contribution in [3.05, 3.63) is 11.9 Å². The van der Waals surface area contributed by atoms with Crippen LogP contribution in [0.25, 0.3) is 0 Å². The topological polar surface area (TPSA) is 65.1 Å². The fraction of sp³-hybridized carbons (Fsp3) is 0.750. The SMILES string of the molecule is CCCCC(NN)c1c(OC)cnn1C(C)C. The lowest BCUT2D eigenvalue weighted by Crippen LogP contribution is -2.30. The number of nitrogens with two attached hydrogens (primary N) is 1. The third-order valence-electron chi connectivity index (χ3n) is 2.89. The van der Waals surface area contributed by atoms with Crippen LogP contribution < -0.4 is 16.0 Å². The summed E-state index contributed by atoms with van der Waals surface area (Å²) in [7, 11) is 1.67. The van der Waals surface area contributed by atoms with Crippen molar-refractivity contribution in [2.24, 2.45) is 5.84 Å². The van der Waals surface area contributed by atoms with Crippen LogP contribution in [0.2, 0.25) is 0 Å². The van der Waals surface area contributed by atoms with Crippen molar-refractivity contribution in [3.8, 4) is 5.75 Å². The maximum Gasteiger partial charge on any atom is 0.161 e. The van der Waals surface area contributed by atoms with Crippen molar-refractivity contribution in [3.63, 3.8) is 0 Å². The van der Waals surface area contributed by atoms with Gasteiger partial charge in [-0.2, -0.15) is 5.10 Å². The third-order valence-corrected chi connectivity index (χ3v) is 2.89. The fourth-order valence-corrected chi connectivity index (χ4v) is 1.96. The zero-order valence-corrected chi connectivity index (χ0v) is 11.2. The minimum absolute atomic E-state index is 0.0924. The van der Waals surface area contributed by atoms with E-state index < -0.39 is 0 Å². The summed E-state index contributed by atoms with van der Waals surface area (Å²) in [6, 6.07) is 0.390. The summed E-state index contributed by atoms with van der Waals surface area (Å²) in [5, 5.41) is 4.36. The van der Waals surface area contributed by atoms with Gasteiger partial charge < -0.3 is 4.74 Å². The molecule has 1 heterocycles. The zero-order valence-electron chi connectivity index (χ0n) is 11.2. The first-order valence-corrected chi connectivity index (χ1v) is 6.23. The minimum atomic E-state index is 0.0924. The number of nitrogens with zero attached hydrogens (tertiary/aromatic N) is 2. The number of methoxy groups -OCH3 is 1. The molecule has 5 heteroatoms. The van der Waals surface area contributed by atoms with Crippen LogP contribution in [0.5, 0.6) is 5.75 Å². The first-order chi connectivity index (χ1) is 8.15. The first kappa shape index (κ1) is 14.0. The van der Waals surface area contributed by atoms with Crippen molar-refractivity contribution in [2.45, 2.75) is 52.1 Å². The van der Waals surface area contributed by atoms with E-state index >= 15 is 0 Å². The van der Waals surface area contributed by atoms with E-state index in [0.29, 0.717) is 6.04 Å². The van der Waals surface area contributed by atoms with Crippen LogP contribution in [0.3, 0.4) is 0 Å². The molecule has 1 rings (SSSR count). The Morgan fingerprint density at radius 2 is 2.24 bits per heavy atom. The summed E-state index contributed by atoms with van der Waals surface area (Å²) in [4.78, 5) is 0. The molecule has 1 aromatic rings. The van der Waals surface area contributed by atoms with Gasteiger partial charge in [0, 0.05) is 6.04 Å². The molecule has 0 aliphatic carbocycles. The highest BCUT2D eigenvalue weighted by atomic mass is 16.5. The van der Waals surface area contributed by atoms with Gasteiger partial charge in [0.1, 0.15) is 0 Å². The van der Waals surface area contributed by atoms with E-state index in [1.165, 1.54) is 0 Å². The minimum Gasteiger partial charge on any atom is -0.493 e. The molecule has 1 unspecified atom stereocenters. The van der Waals surface area contributed by atoms with Crippen LogP contribution in [-0.4, -0.2) is 16.9 Å². The average Bonchev–Trinajstić information content (AvgIpc) is 2.74. The number of hydrazine groups is 1. The summed E-state index contributed by atoms with van der Waals surface area (Å²) in [5.74, 6) is 6.45. The Bertz CT molecular complexity index is 335. The van der Waals surface area contributed by atoms with Gasteiger partial charge in [-0.15, -0.1) is 0 Å². The summed E-state index contributed by atoms with van der Waals surface area (Å²) in [6.07, 6.45) is 5.02. The molecular formula is C12H24N4O. The summed E-state index contributed by atoms with van der Waals surface area (Å²) in [6.45, 7) is 6.37. The second-order valence-electron chi connectivity index (χ2n) is 4.50. The number of nitrogens with one attached hydrogen (secondary N) is 1. The molecule has 0 saturated heterocycles. The Morgan fingerprint density at radius 1 is 1.53 bits per heavy atom. The second-order valence-corrected chi connectivity index (χ2v) is 4.50. The molecule has 5 nitrogen and oxygen atoms in total. The fourth-order valence-electron chi connectivity index (χ4n) is 1.96. The van der Waals surface area contributed by atoms with Gasteiger partial charge in [0.2, 0.25) is 0 Å². The Kier molecular flexibility index (Phi) is 5.44. The van der Waals surface area contributed by atoms with E-state index in [1.54, 1.807) is 13.3 Å². The van der Waals surface area contributed by atoms with Crippen molar-refractivity contribution < 1.29 is 4.74 Å². The van der Waals surface area contributed by atoms with Gasteiger partial charge in [0.05, 0.1) is 25.0 Å². The van der Waals surface area contributed by atoms with Crippen molar-refractivity contribution in [1.82, 2.24) is 15.2 Å². The number of hydrogen-bond donors (Lipinski definition) is 2. The Balaban J connectivity index is 3.01. The van der Waals surface area contributed by atoms with E-state index in [-0.39, 0.29) is 6.04 Å². The lowest BCUT2D eigenvalue weighted by Gasteiger charge is -2.20. The van der Waals surface area contributed by atoms with E-state index in [4.69, 9.17) is 10.6 Å². The molecule has 98 valence electrons. The predicted molar refractivity (Wildman–Crippen MR) is 68.8 cm³/mol. The van der Waals surface area contributed by atoms with E-state index in [0.717, 1.165) is 30.7 Å². The van der Waals surface area contributed by atoms with Crippen LogP contribution in [0, 0.1) is 0 Å². The molecule has 0 radical (unpaired) electrons. The molecule has 1 atom stereocenters. The maximum atomic E-state index is 5.65. The Labute approximate surface area is 103 Å². The summed E-state index contributed by atoms with van der Waals surface area (Å²) < 4.78 is 7.33. The van der Waals surface area contributed by atoms with Gasteiger partial charge in [-0.25, -0.2) is 0 Å². The largest absolute Gasteiger partial charge is 0.493 e. The van der Waals surface area contributed by atoms with Gasteiger partial charge in [-0.1, -0.05) is 19.8 Å². The Hall–Kier alpha value is -1.07. The van der Waals surface area contributed by atoms with E-state index in [2.05, 4.69) is 31.3 Å². The molecule has 0 bridgehead atoms. The third kappa shape index (κ3) is 3.20. The lowest BCUT2D eigenvalue weighted by atomic mass is 10.1. The monoisotopic (exact) mass is 240 g/mol. The standard InChI is InChI=1S/C12H24N4O/c1-5-6-7-10(15-13)12-11(17-4)8-14-16(12)9(2)3/h8-10,15H,5-7,13H2,1-4H3. The van der Waals surface area contributed by atoms with Crippen LogP contribution in [0.4, 0.5) is 0 Å². The summed E-state index contributed by atoms with van der Waals surface area (Å²) >= 11 is 0. The van der Waals surface area contributed by atoms with Crippen molar-refractivity contribution >= 4 is 0 Å². The van der Waals surface area contributed by atoms with Crippen LogP contribution in [0.15, 0.2) is 6.20 Å². The lowest BCUT2D eigenvalue weighted by molar-refractivity contribution is 0.375. The normalized spacial score (nSPS) is 13.1. The molecule has 0 fully saturated rings. The number of rotatable bonds is 7. The van der Waals surface area contributed by atoms with Crippen LogP contribution >= 0.6 is 0 Å². The molecular weight excluding hydrogens is 216 g/mol. The summed E-state index contributed by atoms with van der Waals surface area (Å²) in [5.41, 5.74) is 3.91.